The van der Waals surface area contributed by atoms with Crippen molar-refractivity contribution in [1.82, 2.24) is 9.88 Å². The second-order valence-corrected chi connectivity index (χ2v) is 7.60. The number of carbonyl (C=O) groups is 1. The van der Waals surface area contributed by atoms with Crippen LogP contribution in [0.25, 0.3) is 0 Å². The van der Waals surface area contributed by atoms with Gasteiger partial charge in [0.15, 0.2) is 0 Å². The predicted octanol–water partition coefficient (Wildman–Crippen LogP) is 3.63. The molecule has 0 unspecified atom stereocenters. The van der Waals surface area contributed by atoms with E-state index in [1.165, 1.54) is 32.1 Å². The Morgan fingerprint density at radius 3 is 2.38 bits per heavy atom. The standard InChI is InChI=1S/C17H21ClN2O/c1-20(17(21)14-9-19-3-2-15(14)18)16-12-5-10-4-11(7-12)8-13(16)6-10/h2-3,9-13,16H,4-8H2,1H3. The molecular weight excluding hydrogens is 284 g/mol. The molecule has 4 aliphatic carbocycles. The Hall–Kier alpha value is -1.09. The number of rotatable bonds is 2. The minimum Gasteiger partial charge on any atom is -0.338 e. The van der Waals surface area contributed by atoms with Crippen molar-refractivity contribution in [3.8, 4) is 0 Å². The molecule has 1 amide bonds. The summed E-state index contributed by atoms with van der Waals surface area (Å²) in [7, 11) is 1.96. The first-order chi connectivity index (χ1) is 10.1. The van der Waals surface area contributed by atoms with Crippen LogP contribution < -0.4 is 0 Å². The molecule has 4 fully saturated rings. The molecule has 0 radical (unpaired) electrons. The van der Waals surface area contributed by atoms with Crippen LogP contribution in [0.2, 0.25) is 5.02 Å². The summed E-state index contributed by atoms with van der Waals surface area (Å²) in [6, 6.07) is 2.10. The molecule has 0 saturated heterocycles. The van der Waals surface area contributed by atoms with E-state index in [2.05, 4.69) is 4.98 Å². The van der Waals surface area contributed by atoms with Crippen LogP contribution in [0.4, 0.5) is 0 Å². The number of hydrogen-bond donors (Lipinski definition) is 0. The average Bonchev–Trinajstić information content (AvgIpc) is 2.45. The van der Waals surface area contributed by atoms with Gasteiger partial charge in [-0.05, 0) is 61.8 Å². The largest absolute Gasteiger partial charge is 0.338 e. The first-order valence-corrected chi connectivity index (χ1v) is 8.38. The predicted molar refractivity (Wildman–Crippen MR) is 82.2 cm³/mol. The van der Waals surface area contributed by atoms with Crippen molar-refractivity contribution in [3.05, 3.63) is 29.0 Å². The van der Waals surface area contributed by atoms with E-state index in [1.54, 1.807) is 18.5 Å². The van der Waals surface area contributed by atoms with Gasteiger partial charge in [-0.2, -0.15) is 0 Å². The van der Waals surface area contributed by atoms with Crippen molar-refractivity contribution in [2.45, 2.75) is 38.1 Å². The summed E-state index contributed by atoms with van der Waals surface area (Å²) < 4.78 is 0. The lowest BCUT2D eigenvalue weighted by molar-refractivity contribution is -0.0491. The first-order valence-electron chi connectivity index (χ1n) is 8.00. The van der Waals surface area contributed by atoms with Gasteiger partial charge in [0.2, 0.25) is 0 Å². The fraction of sp³-hybridized carbons (Fsp3) is 0.647. The Morgan fingerprint density at radius 2 is 1.81 bits per heavy atom. The number of nitrogens with zero attached hydrogens (tertiary/aromatic N) is 2. The normalized spacial score (nSPS) is 36.8. The highest BCUT2D eigenvalue weighted by Gasteiger charge is 2.50. The summed E-state index contributed by atoms with van der Waals surface area (Å²) in [4.78, 5) is 18.8. The highest BCUT2D eigenvalue weighted by atomic mass is 35.5. The van der Waals surface area contributed by atoms with Crippen molar-refractivity contribution < 1.29 is 4.79 Å². The van der Waals surface area contributed by atoms with Crippen molar-refractivity contribution in [1.29, 1.82) is 0 Å². The molecule has 112 valence electrons. The Labute approximate surface area is 130 Å². The highest BCUT2D eigenvalue weighted by molar-refractivity contribution is 6.33. The molecule has 4 saturated carbocycles. The fourth-order valence-corrected chi connectivity index (χ4v) is 5.58. The van der Waals surface area contributed by atoms with Crippen molar-refractivity contribution in [3.63, 3.8) is 0 Å². The summed E-state index contributed by atoms with van der Waals surface area (Å²) in [5, 5.41) is 0.505. The van der Waals surface area contributed by atoms with Crippen molar-refractivity contribution in [2.24, 2.45) is 23.7 Å². The molecule has 0 aromatic carbocycles. The summed E-state index contributed by atoms with van der Waals surface area (Å²) in [6.45, 7) is 0. The average molecular weight is 305 g/mol. The number of aromatic nitrogens is 1. The van der Waals surface area contributed by atoms with Gasteiger partial charge in [0.1, 0.15) is 0 Å². The minimum absolute atomic E-state index is 0.0329. The van der Waals surface area contributed by atoms with Gasteiger partial charge in [-0.25, -0.2) is 0 Å². The van der Waals surface area contributed by atoms with Gasteiger partial charge >= 0.3 is 0 Å². The Bertz CT molecular complexity index is 546. The number of hydrogen-bond acceptors (Lipinski definition) is 2. The molecule has 0 N–H and O–H groups in total. The van der Waals surface area contributed by atoms with Crippen LogP contribution in [0.15, 0.2) is 18.5 Å². The van der Waals surface area contributed by atoms with E-state index in [0.717, 1.165) is 11.8 Å². The summed E-state index contributed by atoms with van der Waals surface area (Å²) in [5.41, 5.74) is 0.537. The number of halogens is 1. The lowest BCUT2D eigenvalue weighted by Gasteiger charge is -2.56. The maximum absolute atomic E-state index is 12.8. The zero-order chi connectivity index (χ0) is 14.6. The molecular formula is C17H21ClN2O. The maximum Gasteiger partial charge on any atom is 0.256 e. The highest BCUT2D eigenvalue weighted by Crippen LogP contribution is 2.55. The molecule has 0 spiro atoms. The van der Waals surface area contributed by atoms with Crippen LogP contribution >= 0.6 is 11.6 Å². The molecule has 1 aromatic heterocycles. The molecule has 5 rings (SSSR count). The van der Waals surface area contributed by atoms with Gasteiger partial charge in [0.25, 0.3) is 5.91 Å². The molecule has 4 heteroatoms. The molecule has 4 aliphatic rings. The summed E-state index contributed by atoms with van der Waals surface area (Å²) in [6.07, 6.45) is 9.92. The lowest BCUT2D eigenvalue weighted by Crippen LogP contribution is -2.56. The van der Waals surface area contributed by atoms with Crippen LogP contribution in [-0.4, -0.2) is 28.9 Å². The van der Waals surface area contributed by atoms with Crippen molar-refractivity contribution in [2.75, 3.05) is 7.05 Å². The quantitative estimate of drug-likeness (QED) is 0.836. The summed E-state index contributed by atoms with van der Waals surface area (Å²) >= 11 is 6.17. The topological polar surface area (TPSA) is 33.2 Å². The van der Waals surface area contributed by atoms with Gasteiger partial charge in [-0.15, -0.1) is 0 Å². The van der Waals surface area contributed by atoms with E-state index in [9.17, 15) is 4.79 Å². The Balaban J connectivity index is 1.59. The zero-order valence-corrected chi connectivity index (χ0v) is 13.1. The fourth-order valence-electron chi connectivity index (χ4n) is 5.39. The molecule has 4 bridgehead atoms. The molecule has 0 aliphatic heterocycles. The number of carbonyl (C=O) groups excluding carboxylic acids is 1. The van der Waals surface area contributed by atoms with Gasteiger partial charge in [-0.1, -0.05) is 11.6 Å². The lowest BCUT2D eigenvalue weighted by atomic mass is 9.54. The van der Waals surface area contributed by atoms with Gasteiger partial charge in [-0.3, -0.25) is 9.78 Å². The second-order valence-electron chi connectivity index (χ2n) is 7.19. The molecule has 3 nitrogen and oxygen atoms in total. The van der Waals surface area contributed by atoms with Gasteiger partial charge < -0.3 is 4.90 Å². The van der Waals surface area contributed by atoms with Gasteiger partial charge in [0.05, 0.1) is 10.6 Å². The van der Waals surface area contributed by atoms with E-state index in [1.807, 2.05) is 11.9 Å². The van der Waals surface area contributed by atoms with Crippen LogP contribution in [0.5, 0.6) is 0 Å². The van der Waals surface area contributed by atoms with Crippen LogP contribution in [0.3, 0.4) is 0 Å². The third-order valence-electron chi connectivity index (χ3n) is 5.94. The van der Waals surface area contributed by atoms with E-state index in [0.29, 0.717) is 28.5 Å². The smallest absolute Gasteiger partial charge is 0.256 e. The van der Waals surface area contributed by atoms with Crippen LogP contribution in [-0.2, 0) is 0 Å². The van der Waals surface area contributed by atoms with Gasteiger partial charge in [0, 0.05) is 25.5 Å². The zero-order valence-electron chi connectivity index (χ0n) is 12.3. The Morgan fingerprint density at radius 1 is 1.19 bits per heavy atom. The molecule has 1 aromatic rings. The van der Waals surface area contributed by atoms with Crippen LogP contribution in [0.1, 0.15) is 42.5 Å². The second kappa shape index (κ2) is 4.98. The monoisotopic (exact) mass is 304 g/mol. The van der Waals surface area contributed by atoms with E-state index >= 15 is 0 Å². The maximum atomic E-state index is 12.8. The SMILES string of the molecule is CN(C(=O)c1cnccc1Cl)C1C2CC3CC(C2)CC1C3. The third kappa shape index (κ3) is 2.17. The van der Waals surface area contributed by atoms with Crippen LogP contribution in [0, 0.1) is 23.7 Å². The van der Waals surface area contributed by atoms with E-state index in [4.69, 9.17) is 11.6 Å². The Kier molecular flexibility index (Phi) is 3.21. The minimum atomic E-state index is 0.0329. The van der Waals surface area contributed by atoms with E-state index < -0.39 is 0 Å². The van der Waals surface area contributed by atoms with E-state index in [-0.39, 0.29) is 5.91 Å². The number of amides is 1. The third-order valence-corrected chi connectivity index (χ3v) is 6.27. The summed E-state index contributed by atoms with van der Waals surface area (Å²) in [5.74, 6) is 3.28. The molecule has 1 heterocycles. The van der Waals surface area contributed by atoms with Crippen molar-refractivity contribution >= 4 is 17.5 Å². The molecule has 0 atom stereocenters. The number of pyridine rings is 1. The first kappa shape index (κ1) is 13.6. The molecule has 21 heavy (non-hydrogen) atoms.